The molecule has 1 atom stereocenters. The van der Waals surface area contributed by atoms with Crippen LogP contribution < -0.4 is 15.5 Å². The van der Waals surface area contributed by atoms with Crippen molar-refractivity contribution in [2.45, 2.75) is 69.5 Å². The Morgan fingerprint density at radius 1 is 1.03 bits per heavy atom. The molecule has 4 bridgehead atoms. The summed E-state index contributed by atoms with van der Waals surface area (Å²) in [4.78, 5) is 26.2. The van der Waals surface area contributed by atoms with Gasteiger partial charge in [-0.1, -0.05) is 18.2 Å². The summed E-state index contributed by atoms with van der Waals surface area (Å²) < 4.78 is 14.0. The molecule has 5 fully saturated rings. The Bertz CT molecular complexity index is 772. The van der Waals surface area contributed by atoms with E-state index in [0.29, 0.717) is 18.2 Å². The van der Waals surface area contributed by atoms with Gasteiger partial charge in [0, 0.05) is 23.9 Å². The van der Waals surface area contributed by atoms with E-state index in [0.717, 1.165) is 54.8 Å². The van der Waals surface area contributed by atoms with Crippen LogP contribution in [0.4, 0.5) is 9.18 Å². The number of halogens is 1. The van der Waals surface area contributed by atoms with Crippen molar-refractivity contribution in [1.29, 1.82) is 0 Å². The van der Waals surface area contributed by atoms with Crippen molar-refractivity contribution in [2.75, 3.05) is 6.54 Å². The Kier molecular flexibility index (Phi) is 4.85. The van der Waals surface area contributed by atoms with E-state index in [9.17, 15) is 14.0 Å². The molecule has 5 nitrogen and oxygen atoms in total. The number of carbonyl (C=O) groups excluding carboxylic acids is 2. The van der Waals surface area contributed by atoms with E-state index >= 15 is 0 Å². The number of imide groups is 1. The maximum absolute atomic E-state index is 14.0. The van der Waals surface area contributed by atoms with Crippen LogP contribution in [0.5, 0.6) is 0 Å². The van der Waals surface area contributed by atoms with E-state index in [2.05, 4.69) is 10.6 Å². The van der Waals surface area contributed by atoms with Gasteiger partial charge in [-0.2, -0.15) is 0 Å². The maximum Gasteiger partial charge on any atom is 0.322 e. The first kappa shape index (κ1) is 19.0. The summed E-state index contributed by atoms with van der Waals surface area (Å²) in [6.45, 7) is 0.675. The molecule has 29 heavy (non-hydrogen) atoms. The zero-order chi connectivity index (χ0) is 20.0. The first-order valence-electron chi connectivity index (χ1n) is 11.2. The second-order valence-corrected chi connectivity index (χ2v) is 10.1. The van der Waals surface area contributed by atoms with E-state index < -0.39 is 0 Å². The molecule has 6 heteroatoms. The van der Waals surface area contributed by atoms with Crippen LogP contribution in [0.1, 0.15) is 56.9 Å². The molecule has 1 aromatic rings. The summed E-state index contributed by atoms with van der Waals surface area (Å²) >= 11 is 0. The van der Waals surface area contributed by atoms with Gasteiger partial charge in [0.1, 0.15) is 12.4 Å². The van der Waals surface area contributed by atoms with E-state index in [1.165, 1.54) is 25.3 Å². The summed E-state index contributed by atoms with van der Waals surface area (Å²) in [5.74, 6) is 1.73. The summed E-state index contributed by atoms with van der Waals surface area (Å²) in [6.07, 6.45) is 9.24. The molecule has 1 aromatic carbocycles. The highest BCUT2D eigenvalue weighted by atomic mass is 19.1. The lowest BCUT2D eigenvalue weighted by Crippen LogP contribution is -3.13. The van der Waals surface area contributed by atoms with Crippen LogP contribution in [-0.4, -0.2) is 30.1 Å². The lowest BCUT2D eigenvalue weighted by Gasteiger charge is -2.56. The molecular formula is C23H31FN3O2+. The molecule has 5 aliphatic rings. The third-order valence-electron chi connectivity index (χ3n) is 7.59. The maximum atomic E-state index is 14.0. The minimum Gasteiger partial charge on any atom is -0.332 e. The zero-order valence-corrected chi connectivity index (χ0v) is 16.9. The van der Waals surface area contributed by atoms with E-state index in [1.54, 1.807) is 12.1 Å². The Morgan fingerprint density at radius 3 is 2.24 bits per heavy atom. The van der Waals surface area contributed by atoms with Crippen molar-refractivity contribution in [3.8, 4) is 0 Å². The first-order chi connectivity index (χ1) is 14.0. The summed E-state index contributed by atoms with van der Waals surface area (Å²) in [7, 11) is 0. The highest BCUT2D eigenvalue weighted by Crippen LogP contribution is 2.55. The number of benzene rings is 1. The van der Waals surface area contributed by atoms with E-state index in [1.807, 2.05) is 6.07 Å². The van der Waals surface area contributed by atoms with Crippen LogP contribution in [-0.2, 0) is 11.3 Å². The second-order valence-electron chi connectivity index (χ2n) is 10.1. The standard InChI is InChI=1S/C23H30FN3O2/c24-20-4-2-1-3-18(20)13-27(19-5-6-19)14-21(28)25-22(29)26-23-10-15-7-16(11-23)9-17(8-15)12-23/h1-4,15-17,19H,5-14H2,(H2,25,26,28,29)/p+1. The van der Waals surface area contributed by atoms with Gasteiger partial charge in [0.05, 0.1) is 6.04 Å². The van der Waals surface area contributed by atoms with Crippen LogP contribution >= 0.6 is 0 Å². The SMILES string of the molecule is O=C(C[NH+](Cc1ccccc1F)C1CC1)NC(=O)NC12CC3CC(CC(C3)C1)C2. The number of amides is 3. The van der Waals surface area contributed by atoms with Crippen molar-refractivity contribution in [3.63, 3.8) is 0 Å². The number of quaternary nitrogens is 1. The minimum absolute atomic E-state index is 0.102. The average molecular weight is 401 g/mol. The number of rotatable bonds is 6. The van der Waals surface area contributed by atoms with Crippen molar-refractivity contribution < 1.29 is 18.9 Å². The fourth-order valence-corrected chi connectivity index (χ4v) is 6.64. The molecule has 156 valence electrons. The minimum atomic E-state index is -0.349. The number of carbonyl (C=O) groups is 2. The number of nitrogens with one attached hydrogen (secondary N) is 3. The van der Waals surface area contributed by atoms with Crippen LogP contribution in [0.3, 0.4) is 0 Å². The fourth-order valence-electron chi connectivity index (χ4n) is 6.64. The highest BCUT2D eigenvalue weighted by molar-refractivity contribution is 5.95. The molecule has 3 N–H and O–H groups in total. The molecule has 1 unspecified atom stereocenters. The van der Waals surface area contributed by atoms with Gasteiger partial charge in [-0.3, -0.25) is 10.1 Å². The third-order valence-corrected chi connectivity index (χ3v) is 7.59. The van der Waals surface area contributed by atoms with Gasteiger partial charge in [-0.05, 0) is 62.3 Å². The molecule has 0 heterocycles. The van der Waals surface area contributed by atoms with Crippen molar-refractivity contribution in [3.05, 3.63) is 35.6 Å². The Labute approximate surface area is 171 Å². The zero-order valence-electron chi connectivity index (χ0n) is 16.9. The molecule has 3 amide bonds. The Balaban J connectivity index is 1.17. The van der Waals surface area contributed by atoms with Crippen molar-refractivity contribution in [1.82, 2.24) is 10.6 Å². The lowest BCUT2D eigenvalue weighted by atomic mass is 9.53. The quantitative estimate of drug-likeness (QED) is 0.685. The highest BCUT2D eigenvalue weighted by Gasteiger charge is 2.51. The molecule has 0 radical (unpaired) electrons. The van der Waals surface area contributed by atoms with Gasteiger partial charge in [0.2, 0.25) is 0 Å². The van der Waals surface area contributed by atoms with Gasteiger partial charge in [-0.15, -0.1) is 0 Å². The second kappa shape index (κ2) is 7.38. The first-order valence-corrected chi connectivity index (χ1v) is 11.2. The van der Waals surface area contributed by atoms with Crippen LogP contribution in [0, 0.1) is 23.6 Å². The van der Waals surface area contributed by atoms with Crippen LogP contribution in [0.15, 0.2) is 24.3 Å². The smallest absolute Gasteiger partial charge is 0.322 e. The normalized spacial score (nSPS) is 33.3. The number of urea groups is 1. The molecule has 5 aliphatic carbocycles. The monoisotopic (exact) mass is 400 g/mol. The van der Waals surface area contributed by atoms with Crippen LogP contribution in [0.25, 0.3) is 0 Å². The van der Waals surface area contributed by atoms with Gasteiger partial charge in [0.25, 0.3) is 5.91 Å². The topological polar surface area (TPSA) is 62.6 Å². The van der Waals surface area contributed by atoms with Crippen LogP contribution in [0.2, 0.25) is 0 Å². The molecule has 5 saturated carbocycles. The van der Waals surface area contributed by atoms with Gasteiger partial charge < -0.3 is 10.2 Å². The predicted molar refractivity (Wildman–Crippen MR) is 107 cm³/mol. The summed E-state index contributed by atoms with van der Waals surface area (Å²) in [5.41, 5.74) is 0.523. The van der Waals surface area contributed by atoms with Crippen molar-refractivity contribution >= 4 is 11.9 Å². The molecule has 0 saturated heterocycles. The number of hydrogen-bond acceptors (Lipinski definition) is 2. The molecule has 0 aliphatic heterocycles. The van der Waals surface area contributed by atoms with E-state index in [4.69, 9.17) is 0 Å². The predicted octanol–water partition coefficient (Wildman–Crippen LogP) is 2.17. The molecule has 6 rings (SSSR count). The molecule has 0 aromatic heterocycles. The van der Waals surface area contributed by atoms with Gasteiger partial charge in [-0.25, -0.2) is 9.18 Å². The number of hydrogen-bond donors (Lipinski definition) is 3. The summed E-state index contributed by atoms with van der Waals surface area (Å²) in [5, 5.41) is 5.76. The Hall–Kier alpha value is -1.95. The fraction of sp³-hybridized carbons (Fsp3) is 0.652. The lowest BCUT2D eigenvalue weighted by molar-refractivity contribution is -0.917. The third kappa shape index (κ3) is 4.18. The van der Waals surface area contributed by atoms with E-state index in [-0.39, 0.29) is 29.8 Å². The van der Waals surface area contributed by atoms with Crippen molar-refractivity contribution in [2.24, 2.45) is 17.8 Å². The average Bonchev–Trinajstić information content (AvgIpc) is 3.46. The summed E-state index contributed by atoms with van der Waals surface area (Å²) in [6, 6.07) is 6.76. The molecular weight excluding hydrogens is 369 g/mol. The molecule has 0 spiro atoms. The van der Waals surface area contributed by atoms with Gasteiger partial charge in [0.15, 0.2) is 6.54 Å². The van der Waals surface area contributed by atoms with Gasteiger partial charge >= 0.3 is 6.03 Å². The Morgan fingerprint density at radius 2 is 1.66 bits per heavy atom. The largest absolute Gasteiger partial charge is 0.332 e.